The Labute approximate surface area is 361 Å². The van der Waals surface area contributed by atoms with E-state index in [0.717, 1.165) is 50.1 Å². The fourth-order valence-electron chi connectivity index (χ4n) is 9.76. The lowest BCUT2D eigenvalue weighted by Crippen LogP contribution is -2.10. The largest absolute Gasteiger partial charge is 0.455 e. The normalized spacial score (nSPS) is 11.9. The summed E-state index contributed by atoms with van der Waals surface area (Å²) in [6, 6.07) is 79.1. The first-order valence-corrected chi connectivity index (χ1v) is 21.9. The minimum atomic E-state index is 0.866. The van der Waals surface area contributed by atoms with Gasteiger partial charge in [0, 0.05) is 58.8 Å². The maximum atomic E-state index is 6.72. The van der Waals surface area contributed by atoms with Gasteiger partial charge in [-0.3, -0.25) is 0 Å². The molecule has 290 valence electrons. The number of benzene rings is 10. The fraction of sp³-hybridized carbons (Fsp3) is 0. The number of fused-ring (bicyclic) bond motifs is 11. The van der Waals surface area contributed by atoms with Crippen molar-refractivity contribution in [3.8, 4) is 27.9 Å². The van der Waals surface area contributed by atoms with Gasteiger partial charge in [-0.15, -0.1) is 11.3 Å². The van der Waals surface area contributed by atoms with Crippen molar-refractivity contribution in [2.45, 2.75) is 0 Å². The minimum Gasteiger partial charge on any atom is -0.455 e. The van der Waals surface area contributed by atoms with Crippen molar-refractivity contribution in [2.24, 2.45) is 0 Å². The summed E-state index contributed by atoms with van der Waals surface area (Å²) < 4.78 is 11.7. The summed E-state index contributed by atoms with van der Waals surface area (Å²) >= 11 is 1.85. The topological polar surface area (TPSA) is 21.3 Å². The van der Waals surface area contributed by atoms with Gasteiger partial charge >= 0.3 is 0 Å². The number of hydrogen-bond acceptors (Lipinski definition) is 3. The highest BCUT2D eigenvalue weighted by Crippen LogP contribution is 2.46. The molecule has 3 heterocycles. The van der Waals surface area contributed by atoms with Crippen molar-refractivity contribution in [1.82, 2.24) is 4.57 Å². The van der Waals surface area contributed by atoms with Crippen molar-refractivity contribution in [2.75, 3.05) is 4.90 Å². The van der Waals surface area contributed by atoms with Crippen LogP contribution in [0.25, 0.3) is 103 Å². The summed E-state index contributed by atoms with van der Waals surface area (Å²) in [4.78, 5) is 2.39. The predicted octanol–water partition coefficient (Wildman–Crippen LogP) is 17.0. The van der Waals surface area contributed by atoms with Crippen LogP contribution in [-0.2, 0) is 0 Å². The van der Waals surface area contributed by atoms with Crippen molar-refractivity contribution >= 4 is 103 Å². The third-order valence-corrected chi connectivity index (χ3v) is 13.7. The second kappa shape index (κ2) is 13.8. The molecule has 3 nitrogen and oxygen atoms in total. The number of hydrogen-bond donors (Lipinski definition) is 0. The molecule has 0 unspecified atom stereocenters. The molecule has 13 aromatic rings. The van der Waals surface area contributed by atoms with Crippen LogP contribution < -0.4 is 4.90 Å². The average Bonchev–Trinajstić information content (AvgIpc) is 4.02. The molecule has 0 amide bonds. The van der Waals surface area contributed by atoms with E-state index >= 15 is 0 Å². The minimum absolute atomic E-state index is 0.866. The number of para-hydroxylation sites is 2. The first kappa shape index (κ1) is 34.9. The molecule has 0 aliphatic heterocycles. The Bertz CT molecular complexity index is 3860. The van der Waals surface area contributed by atoms with E-state index in [1.165, 1.54) is 69.6 Å². The van der Waals surface area contributed by atoms with Gasteiger partial charge in [-0.05, 0) is 113 Å². The van der Waals surface area contributed by atoms with Crippen LogP contribution in [0.15, 0.2) is 223 Å². The number of thiophene rings is 1. The number of aromatic nitrogens is 1. The van der Waals surface area contributed by atoms with Crippen LogP contribution in [0.3, 0.4) is 0 Å². The van der Waals surface area contributed by atoms with Gasteiger partial charge in [0.2, 0.25) is 0 Å². The molecule has 0 N–H and O–H groups in total. The van der Waals surface area contributed by atoms with Gasteiger partial charge in [-0.25, -0.2) is 0 Å². The Morgan fingerprint density at radius 2 is 1.06 bits per heavy atom. The fourth-order valence-corrected chi connectivity index (χ4v) is 10.8. The summed E-state index contributed by atoms with van der Waals surface area (Å²) in [6.45, 7) is 0. The number of nitrogens with zero attached hydrogens (tertiary/aromatic N) is 2. The third kappa shape index (κ3) is 5.37. The number of anilines is 3. The lowest BCUT2D eigenvalue weighted by molar-refractivity contribution is 0.672. The molecule has 0 aliphatic rings. The Balaban J connectivity index is 0.974. The lowest BCUT2D eigenvalue weighted by Gasteiger charge is -2.26. The van der Waals surface area contributed by atoms with Gasteiger partial charge in [0.1, 0.15) is 11.2 Å². The van der Waals surface area contributed by atoms with Crippen molar-refractivity contribution in [1.29, 1.82) is 0 Å². The van der Waals surface area contributed by atoms with Crippen LogP contribution in [0.1, 0.15) is 0 Å². The van der Waals surface area contributed by atoms with Gasteiger partial charge in [-0.2, -0.15) is 0 Å². The highest BCUT2D eigenvalue weighted by molar-refractivity contribution is 7.25. The van der Waals surface area contributed by atoms with Crippen LogP contribution in [-0.4, -0.2) is 4.57 Å². The molecule has 0 spiro atoms. The SMILES string of the molecule is c1ccc(-n2c3ccccc3c3c(-c4ccc(N(c5ccc(-c6ccc7sc8ccccc8c7c6)cc5)c5cccc6oc7c8ccccc8ccc7c56)cc4)cccc32)cc1. The Morgan fingerprint density at radius 3 is 1.90 bits per heavy atom. The van der Waals surface area contributed by atoms with Crippen molar-refractivity contribution in [3.05, 3.63) is 218 Å². The van der Waals surface area contributed by atoms with Crippen LogP contribution in [0.5, 0.6) is 0 Å². The quantitative estimate of drug-likeness (QED) is 0.167. The van der Waals surface area contributed by atoms with E-state index in [9.17, 15) is 0 Å². The predicted molar refractivity (Wildman–Crippen MR) is 264 cm³/mol. The Kier molecular flexibility index (Phi) is 7.78. The maximum Gasteiger partial charge on any atom is 0.143 e. The van der Waals surface area contributed by atoms with E-state index in [1.807, 2.05) is 11.3 Å². The van der Waals surface area contributed by atoms with E-state index in [0.29, 0.717) is 0 Å². The number of furan rings is 1. The second-order valence-electron chi connectivity index (χ2n) is 16.0. The van der Waals surface area contributed by atoms with Gasteiger partial charge in [-0.1, -0.05) is 133 Å². The van der Waals surface area contributed by atoms with Crippen LogP contribution in [0, 0.1) is 0 Å². The van der Waals surface area contributed by atoms with Crippen molar-refractivity contribution < 1.29 is 4.42 Å². The highest BCUT2D eigenvalue weighted by Gasteiger charge is 2.22. The molecule has 4 heteroatoms. The summed E-state index contributed by atoms with van der Waals surface area (Å²) in [5.74, 6) is 0. The standard InChI is InChI=1S/C58H36N2OS/c1-2-13-41(14-3-1)60-50-19-8-6-17-47(50)56-44(18-10-20-51(56)60)39-26-32-43(33-27-39)59(52-21-11-22-53-57(52)48-34-28-38-12-4-5-15-45(38)58(48)61-53)42-30-24-37(25-31-42)40-29-35-55-49(36-40)46-16-7-9-23-54(46)62-55/h1-36H. The summed E-state index contributed by atoms with van der Waals surface area (Å²) in [5.41, 5.74) is 13.3. The zero-order valence-electron chi connectivity index (χ0n) is 33.5. The van der Waals surface area contributed by atoms with Crippen LogP contribution in [0.2, 0.25) is 0 Å². The molecule has 0 aliphatic carbocycles. The van der Waals surface area contributed by atoms with Gasteiger partial charge in [0.15, 0.2) is 0 Å². The molecular formula is C58H36N2OS. The molecule has 10 aromatic carbocycles. The average molecular weight is 809 g/mol. The van der Waals surface area contributed by atoms with Gasteiger partial charge < -0.3 is 13.9 Å². The van der Waals surface area contributed by atoms with Gasteiger partial charge in [0.05, 0.1) is 22.1 Å². The summed E-state index contributed by atoms with van der Waals surface area (Å²) in [7, 11) is 0. The second-order valence-corrected chi connectivity index (χ2v) is 17.1. The molecule has 13 rings (SSSR count). The van der Waals surface area contributed by atoms with E-state index in [2.05, 4.69) is 228 Å². The third-order valence-electron chi connectivity index (χ3n) is 12.6. The van der Waals surface area contributed by atoms with E-state index in [-0.39, 0.29) is 0 Å². The maximum absolute atomic E-state index is 6.72. The zero-order chi connectivity index (χ0) is 40.7. The first-order chi connectivity index (χ1) is 30.7. The Hall–Kier alpha value is -7.92. The molecule has 0 bridgehead atoms. The van der Waals surface area contributed by atoms with E-state index in [1.54, 1.807) is 0 Å². The molecule has 0 radical (unpaired) electrons. The molecule has 0 atom stereocenters. The van der Waals surface area contributed by atoms with Crippen LogP contribution >= 0.6 is 11.3 Å². The van der Waals surface area contributed by atoms with Gasteiger partial charge in [0.25, 0.3) is 0 Å². The van der Waals surface area contributed by atoms with Crippen molar-refractivity contribution in [3.63, 3.8) is 0 Å². The summed E-state index contributed by atoms with van der Waals surface area (Å²) in [6.07, 6.45) is 0. The van der Waals surface area contributed by atoms with E-state index < -0.39 is 0 Å². The van der Waals surface area contributed by atoms with E-state index in [4.69, 9.17) is 4.42 Å². The lowest BCUT2D eigenvalue weighted by atomic mass is 9.98. The van der Waals surface area contributed by atoms with Crippen LogP contribution in [0.4, 0.5) is 17.1 Å². The molecule has 0 fully saturated rings. The molecule has 0 saturated carbocycles. The summed E-state index contributed by atoms with van der Waals surface area (Å²) in [5, 5.41) is 9.59. The number of rotatable bonds is 6. The Morgan fingerprint density at radius 1 is 0.403 bits per heavy atom. The smallest absolute Gasteiger partial charge is 0.143 e. The molecule has 0 saturated heterocycles. The zero-order valence-corrected chi connectivity index (χ0v) is 34.3. The highest BCUT2D eigenvalue weighted by atomic mass is 32.1. The molecule has 3 aromatic heterocycles. The molecular weight excluding hydrogens is 773 g/mol. The first-order valence-electron chi connectivity index (χ1n) is 21.1. The molecule has 62 heavy (non-hydrogen) atoms. The monoisotopic (exact) mass is 808 g/mol.